The van der Waals surface area contributed by atoms with Gasteiger partial charge >= 0.3 is 6.18 Å². The number of halogens is 7. The molecule has 2 amide bonds. The summed E-state index contributed by atoms with van der Waals surface area (Å²) in [5, 5.41) is 63.0. The van der Waals surface area contributed by atoms with Crippen LogP contribution >= 0.6 is 72.7 Å². The minimum absolute atomic E-state index is 0.0325. The number of fused-ring (bicyclic) bond motifs is 6. The van der Waals surface area contributed by atoms with Crippen LogP contribution in [-0.4, -0.2) is 166 Å². The fraction of sp³-hybridized carbons (Fsp3) is 0.211. The Morgan fingerprint density at radius 3 is 1.14 bits per heavy atom. The number of piperazine rings is 3. The molecule has 19 rings (SSSR count). The summed E-state index contributed by atoms with van der Waals surface area (Å²) in [7, 11) is 6.53. The lowest BCUT2D eigenvalue weighted by Gasteiger charge is -2.36. The maximum absolute atomic E-state index is 13.6. The number of ether oxygens (including phenoxy) is 5. The number of hydrogen-bond donors (Lipinski definition) is 6. The highest BCUT2D eigenvalue weighted by Crippen LogP contribution is 2.43. The summed E-state index contributed by atoms with van der Waals surface area (Å²) < 4.78 is 69.6. The quantitative estimate of drug-likeness (QED) is 0.0205. The van der Waals surface area contributed by atoms with E-state index in [1.54, 1.807) is 75.8 Å². The molecule has 0 bridgehead atoms. The van der Waals surface area contributed by atoms with Gasteiger partial charge in [0.1, 0.15) is 57.4 Å². The number of alkyl halides is 4. The van der Waals surface area contributed by atoms with Gasteiger partial charge in [0.25, 0.3) is 17.3 Å². The molecular formula is C109H109BrClF3I2N10O14. The Hall–Kier alpha value is -13.8. The summed E-state index contributed by atoms with van der Waals surface area (Å²) in [6.45, 7) is 18.0. The van der Waals surface area contributed by atoms with Crippen LogP contribution in [0.15, 0.2) is 302 Å². The molecule has 3 aliphatic rings. The number of nitrogens with two attached hydrogens (primary N) is 2. The molecule has 0 saturated carbocycles. The van der Waals surface area contributed by atoms with Crippen LogP contribution in [0.25, 0.3) is 64.6 Å². The van der Waals surface area contributed by atoms with Crippen LogP contribution in [-0.2, 0) is 15.8 Å². The number of nitrogen functional groups attached to an aromatic ring is 2. The number of amides is 2. The SMILES string of the molecule is COc1ccc2ccc(N)c(I)c2c1.COc1ccc2ccc(N)cc2c1.COc1ccc2ccc(O)cc2c1.COc1ccc2ccc([N+](=O)[O-])c(I)c2c1.Cc1ccc(Br)cc1.Cc1ccc(N2CCN(C(=O)CCl)CC2)cc1.Cc1ccc(N2CCN(C(=O)COc3ccc4ccc([N+](=O)[O-])c(C(F)(F)F)c4c3)CC2)cc1.Cc1ccc(N2CCNCC2)cc1.Oc1ccc2ccc(O)cc2c1. The lowest BCUT2D eigenvalue weighted by atomic mass is 10.0. The second kappa shape index (κ2) is 51.7. The van der Waals surface area contributed by atoms with Gasteiger partial charge in [-0.25, -0.2) is 0 Å². The highest BCUT2D eigenvalue weighted by atomic mass is 127. The number of hydrogen-bond acceptors (Lipinski definition) is 20. The van der Waals surface area contributed by atoms with Crippen molar-refractivity contribution in [3.63, 3.8) is 0 Å². The summed E-state index contributed by atoms with van der Waals surface area (Å²) in [5.74, 6) is 3.81. The first-order valence-electron chi connectivity index (χ1n) is 44.5. The van der Waals surface area contributed by atoms with Crippen LogP contribution in [0.4, 0.5) is 53.0 Å². The van der Waals surface area contributed by atoms with Gasteiger partial charge in [0.2, 0.25) is 5.91 Å². The first-order chi connectivity index (χ1) is 67.2. The van der Waals surface area contributed by atoms with Crippen LogP contribution in [0.2, 0.25) is 0 Å². The van der Waals surface area contributed by atoms with Crippen molar-refractivity contribution in [1.82, 2.24) is 15.1 Å². The Kier molecular flexibility index (Phi) is 39.4. The molecule has 8 N–H and O–H groups in total. The standard InChI is InChI=1S/C24H22F3N3O4.C13H17ClN2O.C11H8INO3.C11H10INO.C11H16N2.C11H11NO.C11H10O2.C10H8O2.C7H7Br/c1-16-2-6-18(7-3-16)28-10-12-29(13-11-28)22(31)15-34-19-8-4-17-5-9-21(30(32)33)23(20(17)14-19)24(25,26)27;1-11-2-4-12(5-3-11)15-6-8-16(9-7-15)13(17)10-14;1-16-8-4-2-7-3-5-10(13(14)15)11(12)9(7)6-8;1-14-8-4-2-7-3-5-10(13)11(12)9(7)6-8;1-10-2-4-11(5-3-10)13-8-6-12-7-9-13;2*1-13-11-5-3-8-2-4-10(12)6-9(8)7-11;11-9-3-1-7-2-4-10(12)6-8(7)5-9;1-6-2-4-7(8)5-3-6/h2-9,14H,10-13,15H2,1H3;2-5H,6-10H2,1H3;2-6H,1H3;2-6H,13H2,1H3;2-5,12H,6-9H2,1H3;2-7H,12H2,1H3;2-7,12H,1H3;1-6,11-12H;2-5H,1H3. The number of aryl methyl sites for hydroxylation is 4. The smallest absolute Gasteiger partial charge is 0.423 e. The van der Waals surface area contributed by atoms with Gasteiger partial charge in [-0.3, -0.25) is 29.8 Å². The first-order valence-corrected chi connectivity index (χ1v) is 48.0. The molecule has 24 nitrogen and oxygen atoms in total. The van der Waals surface area contributed by atoms with Gasteiger partial charge in [-0.2, -0.15) is 13.2 Å². The molecule has 3 fully saturated rings. The number of nitro groups is 2. The zero-order valence-corrected chi connectivity index (χ0v) is 85.1. The number of rotatable bonds is 13. The van der Waals surface area contributed by atoms with E-state index in [1.807, 2.05) is 192 Å². The van der Waals surface area contributed by atoms with E-state index in [4.69, 9.17) is 57.0 Å². The Balaban J connectivity index is 0.000000156. The molecular weight excluding hydrogens is 2100 g/mol. The van der Waals surface area contributed by atoms with Crippen LogP contribution in [0.5, 0.6) is 46.0 Å². The Morgan fingerprint density at radius 2 is 0.729 bits per heavy atom. The fourth-order valence-corrected chi connectivity index (χ4v) is 17.1. The van der Waals surface area contributed by atoms with Crippen molar-refractivity contribution in [2.75, 3.05) is 146 Å². The minimum atomic E-state index is -4.92. The van der Waals surface area contributed by atoms with Gasteiger partial charge in [0, 0.05) is 143 Å². The van der Waals surface area contributed by atoms with Gasteiger partial charge in [-0.05, 0) is 297 Å². The largest absolute Gasteiger partial charge is 0.508 e. The number of aromatic hydroxyl groups is 3. The van der Waals surface area contributed by atoms with E-state index in [1.165, 1.54) is 68.7 Å². The third-order valence-corrected chi connectivity index (χ3v) is 26.1. The van der Waals surface area contributed by atoms with E-state index in [-0.39, 0.29) is 68.7 Å². The van der Waals surface area contributed by atoms with Crippen molar-refractivity contribution >= 4 is 189 Å². The number of nitrogens with zero attached hydrogens (tertiary/aromatic N) is 7. The van der Waals surface area contributed by atoms with Crippen molar-refractivity contribution in [3.8, 4) is 46.0 Å². The monoisotopic (exact) mass is 2210 g/mol. The van der Waals surface area contributed by atoms with Gasteiger partial charge < -0.3 is 80.3 Å². The fourth-order valence-electron chi connectivity index (χ4n) is 15.2. The van der Waals surface area contributed by atoms with E-state index >= 15 is 0 Å². The number of phenolic OH excluding ortho intramolecular Hbond substituents is 3. The second-order valence-corrected chi connectivity index (χ2v) is 36.0. The molecule has 0 aliphatic carbocycles. The predicted molar refractivity (Wildman–Crippen MR) is 579 cm³/mol. The second-order valence-electron chi connectivity index (χ2n) is 32.7. The number of nitro benzene ring substituents is 2. The number of benzene rings is 16. The van der Waals surface area contributed by atoms with Gasteiger partial charge in [0.15, 0.2) is 6.61 Å². The molecule has 0 spiro atoms. The number of carbonyl (C=O) groups is 2. The molecule has 728 valence electrons. The van der Waals surface area contributed by atoms with E-state index in [0.717, 1.165) is 150 Å². The molecule has 16 aromatic rings. The number of anilines is 5. The van der Waals surface area contributed by atoms with Gasteiger partial charge in [-0.15, -0.1) is 11.6 Å². The van der Waals surface area contributed by atoms with Crippen molar-refractivity contribution in [2.45, 2.75) is 33.9 Å². The highest BCUT2D eigenvalue weighted by molar-refractivity contribution is 14.1. The van der Waals surface area contributed by atoms with E-state index < -0.39 is 22.4 Å². The maximum Gasteiger partial charge on any atom is 0.423 e. The summed E-state index contributed by atoms with van der Waals surface area (Å²) in [5.41, 5.74) is 19.6. The zero-order valence-electron chi connectivity index (χ0n) is 78.5. The lowest BCUT2D eigenvalue weighted by Crippen LogP contribution is -2.50. The van der Waals surface area contributed by atoms with Crippen LogP contribution < -0.4 is 55.2 Å². The number of nitrogens with one attached hydrogen (secondary N) is 1. The maximum atomic E-state index is 13.6. The normalized spacial score (nSPS) is 12.6. The molecule has 16 aromatic carbocycles. The van der Waals surface area contributed by atoms with Gasteiger partial charge in [-0.1, -0.05) is 147 Å². The van der Waals surface area contributed by atoms with Crippen molar-refractivity contribution in [2.24, 2.45) is 0 Å². The average Bonchev–Trinajstić information content (AvgIpc) is 0.762. The third kappa shape index (κ3) is 30.8. The summed E-state index contributed by atoms with van der Waals surface area (Å²) >= 11 is 13.1. The molecule has 31 heteroatoms. The highest BCUT2D eigenvalue weighted by Gasteiger charge is 2.40. The molecule has 0 atom stereocenters. The van der Waals surface area contributed by atoms with Crippen LogP contribution in [0.3, 0.4) is 0 Å². The average molecular weight is 2210 g/mol. The third-order valence-electron chi connectivity index (χ3n) is 23.0. The molecule has 3 aliphatic heterocycles. The van der Waals surface area contributed by atoms with E-state index in [0.29, 0.717) is 35.5 Å². The Morgan fingerprint density at radius 1 is 0.400 bits per heavy atom. The number of phenols is 3. The summed E-state index contributed by atoms with van der Waals surface area (Å²) in [4.78, 5) is 54.9. The summed E-state index contributed by atoms with van der Waals surface area (Å²) in [6, 6.07) is 91.3. The Bertz CT molecular complexity index is 6760. The molecule has 3 saturated heterocycles. The topological polar surface area (TPSA) is 308 Å². The van der Waals surface area contributed by atoms with Crippen LogP contribution in [0, 0.1) is 55.1 Å². The van der Waals surface area contributed by atoms with Crippen LogP contribution in [0.1, 0.15) is 27.8 Å². The molecule has 0 aromatic heterocycles. The van der Waals surface area contributed by atoms with Crippen molar-refractivity contribution < 1.29 is 71.6 Å². The lowest BCUT2D eigenvalue weighted by molar-refractivity contribution is -0.387. The van der Waals surface area contributed by atoms with E-state index in [9.17, 15) is 48.1 Å². The predicted octanol–water partition coefficient (Wildman–Crippen LogP) is 24.5. The molecule has 0 radical (unpaired) electrons. The Labute approximate surface area is 851 Å². The first kappa shape index (κ1) is 107. The van der Waals surface area contributed by atoms with Crippen molar-refractivity contribution in [3.05, 3.63) is 357 Å². The summed E-state index contributed by atoms with van der Waals surface area (Å²) in [6.07, 6.45) is -4.92. The van der Waals surface area contributed by atoms with E-state index in [2.05, 4.69) is 140 Å². The van der Waals surface area contributed by atoms with Crippen molar-refractivity contribution in [1.29, 1.82) is 0 Å². The minimum Gasteiger partial charge on any atom is -0.508 e. The molecule has 0 unspecified atom stereocenters. The number of carbonyl (C=O) groups excluding carboxylic acids is 2. The molecule has 3 heterocycles. The zero-order chi connectivity index (χ0) is 101. The number of methoxy groups -OCH3 is 4. The molecule has 140 heavy (non-hydrogen) atoms. The van der Waals surface area contributed by atoms with Gasteiger partial charge in [0.05, 0.1) is 41.9 Å².